The molecule has 29 heavy (non-hydrogen) atoms. The van der Waals surface area contributed by atoms with Gasteiger partial charge in [-0.2, -0.15) is 0 Å². The molecule has 1 saturated heterocycles. The van der Waals surface area contributed by atoms with Crippen molar-refractivity contribution >= 4 is 11.8 Å². The summed E-state index contributed by atoms with van der Waals surface area (Å²) in [6, 6.07) is 17.3. The lowest BCUT2D eigenvalue weighted by molar-refractivity contribution is -0.121. The van der Waals surface area contributed by atoms with Crippen molar-refractivity contribution in [2.24, 2.45) is 0 Å². The maximum absolute atomic E-state index is 12.5. The van der Waals surface area contributed by atoms with E-state index in [1.165, 1.54) is 0 Å². The number of nitrogens with zero attached hydrogens (tertiary/aromatic N) is 1. The summed E-state index contributed by atoms with van der Waals surface area (Å²) in [6.45, 7) is 6.13. The smallest absolute Gasteiger partial charge is 0.251 e. The van der Waals surface area contributed by atoms with Gasteiger partial charge in [-0.05, 0) is 24.1 Å². The topological polar surface area (TPSA) is 70.7 Å². The molecule has 1 fully saturated rings. The number of hydrogen-bond acceptors (Lipinski definition) is 4. The fraction of sp³-hybridized carbons (Fsp3) is 0.391. The summed E-state index contributed by atoms with van der Waals surface area (Å²) in [5.41, 5.74) is 2.64. The van der Waals surface area contributed by atoms with Crippen LogP contribution in [0.15, 0.2) is 54.6 Å². The van der Waals surface area contributed by atoms with E-state index in [4.69, 9.17) is 4.74 Å². The van der Waals surface area contributed by atoms with E-state index in [1.807, 2.05) is 55.5 Å². The molecule has 0 spiro atoms. The molecule has 2 amide bonds. The van der Waals surface area contributed by atoms with Crippen LogP contribution in [0.3, 0.4) is 0 Å². The van der Waals surface area contributed by atoms with E-state index in [0.29, 0.717) is 12.1 Å². The van der Waals surface area contributed by atoms with Crippen molar-refractivity contribution in [2.75, 3.05) is 39.4 Å². The molecule has 154 valence electrons. The molecular weight excluding hydrogens is 366 g/mol. The highest BCUT2D eigenvalue weighted by molar-refractivity contribution is 5.95. The zero-order chi connectivity index (χ0) is 20.5. The van der Waals surface area contributed by atoms with Crippen molar-refractivity contribution in [1.82, 2.24) is 15.5 Å². The first-order valence-corrected chi connectivity index (χ1v) is 10.1. The lowest BCUT2D eigenvalue weighted by Gasteiger charge is -2.31. The number of morpholine rings is 1. The van der Waals surface area contributed by atoms with Crippen molar-refractivity contribution in [3.63, 3.8) is 0 Å². The molecule has 1 heterocycles. The number of aryl methyl sites for hydroxylation is 1. The number of hydrogen-bond donors (Lipinski definition) is 2. The Morgan fingerprint density at radius 1 is 1.03 bits per heavy atom. The predicted molar refractivity (Wildman–Crippen MR) is 113 cm³/mol. The lowest BCUT2D eigenvalue weighted by atomic mass is 10.1. The van der Waals surface area contributed by atoms with E-state index in [2.05, 4.69) is 15.5 Å². The van der Waals surface area contributed by atoms with Gasteiger partial charge in [0.2, 0.25) is 5.91 Å². The van der Waals surface area contributed by atoms with Crippen LogP contribution in [0, 0.1) is 6.92 Å². The zero-order valence-corrected chi connectivity index (χ0v) is 16.9. The first-order chi connectivity index (χ1) is 14.1. The molecule has 2 N–H and O–H groups in total. The average molecular weight is 396 g/mol. The molecule has 0 radical (unpaired) electrons. The molecule has 1 aliphatic rings. The summed E-state index contributed by atoms with van der Waals surface area (Å²) in [5, 5.41) is 5.97. The number of ether oxygens (including phenoxy) is 1. The molecule has 6 nitrogen and oxygen atoms in total. The number of carbonyl (C=O) groups excluding carboxylic acids is 2. The van der Waals surface area contributed by atoms with Crippen molar-refractivity contribution in [2.45, 2.75) is 19.4 Å². The number of amides is 2. The van der Waals surface area contributed by atoms with Gasteiger partial charge in [0.15, 0.2) is 0 Å². The summed E-state index contributed by atoms with van der Waals surface area (Å²) >= 11 is 0. The van der Waals surface area contributed by atoms with E-state index >= 15 is 0 Å². The summed E-state index contributed by atoms with van der Waals surface area (Å²) in [6.07, 6.45) is 0.240. The van der Waals surface area contributed by atoms with E-state index < -0.39 is 0 Å². The van der Waals surface area contributed by atoms with Gasteiger partial charge in [0.05, 0.1) is 19.3 Å². The van der Waals surface area contributed by atoms with Crippen LogP contribution in [-0.4, -0.2) is 56.1 Å². The standard InChI is InChI=1S/C23H29N3O3/c1-18-7-5-6-10-20(18)23(28)24-12-11-22(27)25-21(19-8-3-2-4-9-19)17-26-13-15-29-16-14-26/h2-10,21H,11-17H2,1H3,(H,24,28)(H,25,27)/t21-/m1/s1. The summed E-state index contributed by atoms with van der Waals surface area (Å²) in [4.78, 5) is 27.1. The second-order valence-electron chi connectivity index (χ2n) is 7.26. The van der Waals surface area contributed by atoms with Crippen molar-refractivity contribution in [3.8, 4) is 0 Å². The normalized spacial score (nSPS) is 15.5. The van der Waals surface area contributed by atoms with Crippen LogP contribution in [0.4, 0.5) is 0 Å². The van der Waals surface area contributed by atoms with Crippen LogP contribution >= 0.6 is 0 Å². The molecule has 0 bridgehead atoms. The second kappa shape index (κ2) is 10.7. The summed E-state index contributed by atoms with van der Waals surface area (Å²) in [7, 11) is 0. The predicted octanol–water partition coefficient (Wildman–Crippen LogP) is 2.30. The molecular formula is C23H29N3O3. The molecule has 1 aliphatic heterocycles. The largest absolute Gasteiger partial charge is 0.379 e. The Kier molecular flexibility index (Phi) is 7.78. The van der Waals surface area contributed by atoms with Gasteiger partial charge in [-0.25, -0.2) is 0 Å². The van der Waals surface area contributed by atoms with Crippen molar-refractivity contribution in [3.05, 3.63) is 71.3 Å². The van der Waals surface area contributed by atoms with Crippen LogP contribution in [0.2, 0.25) is 0 Å². The molecule has 3 rings (SSSR count). The molecule has 1 atom stereocenters. The Balaban J connectivity index is 1.52. The van der Waals surface area contributed by atoms with Gasteiger partial charge >= 0.3 is 0 Å². The maximum atomic E-state index is 12.5. The number of rotatable bonds is 8. The van der Waals surface area contributed by atoms with Crippen LogP contribution in [0.25, 0.3) is 0 Å². The van der Waals surface area contributed by atoms with Crippen molar-refractivity contribution < 1.29 is 14.3 Å². The third-order valence-corrected chi connectivity index (χ3v) is 5.11. The Morgan fingerprint density at radius 3 is 2.45 bits per heavy atom. The van der Waals surface area contributed by atoms with Gasteiger partial charge in [-0.3, -0.25) is 14.5 Å². The Bertz CT molecular complexity index is 804. The Hall–Kier alpha value is -2.70. The Morgan fingerprint density at radius 2 is 1.72 bits per heavy atom. The summed E-state index contributed by atoms with van der Waals surface area (Å²) in [5.74, 6) is -0.221. The van der Waals surface area contributed by atoms with Gasteiger partial charge in [-0.15, -0.1) is 0 Å². The average Bonchev–Trinajstić information content (AvgIpc) is 2.75. The van der Waals surface area contributed by atoms with Crippen LogP contribution in [0.1, 0.15) is 33.9 Å². The number of carbonyl (C=O) groups is 2. The third-order valence-electron chi connectivity index (χ3n) is 5.11. The summed E-state index contributed by atoms with van der Waals surface area (Å²) < 4.78 is 5.42. The van der Waals surface area contributed by atoms with Gasteiger partial charge in [0.1, 0.15) is 0 Å². The van der Waals surface area contributed by atoms with Gasteiger partial charge in [0.25, 0.3) is 5.91 Å². The molecule has 0 aliphatic carbocycles. The fourth-order valence-electron chi connectivity index (χ4n) is 3.44. The second-order valence-corrected chi connectivity index (χ2v) is 7.26. The van der Waals surface area contributed by atoms with E-state index in [1.54, 1.807) is 6.07 Å². The fourth-order valence-corrected chi connectivity index (χ4v) is 3.44. The van der Waals surface area contributed by atoms with E-state index in [9.17, 15) is 9.59 Å². The molecule has 2 aromatic rings. The van der Waals surface area contributed by atoms with E-state index in [-0.39, 0.29) is 24.3 Å². The third kappa shape index (κ3) is 6.41. The highest BCUT2D eigenvalue weighted by Gasteiger charge is 2.20. The minimum absolute atomic E-state index is 0.0720. The van der Waals surface area contributed by atoms with E-state index in [0.717, 1.165) is 44.0 Å². The first kappa shape index (κ1) is 21.0. The molecule has 6 heteroatoms. The van der Waals surface area contributed by atoms with Crippen LogP contribution in [0.5, 0.6) is 0 Å². The monoisotopic (exact) mass is 395 g/mol. The number of nitrogens with one attached hydrogen (secondary N) is 2. The van der Waals surface area contributed by atoms with Gasteiger partial charge < -0.3 is 15.4 Å². The highest BCUT2D eigenvalue weighted by Crippen LogP contribution is 2.15. The lowest BCUT2D eigenvalue weighted by Crippen LogP contribution is -2.43. The SMILES string of the molecule is Cc1ccccc1C(=O)NCCC(=O)N[C@H](CN1CCOCC1)c1ccccc1. The first-order valence-electron chi connectivity index (χ1n) is 10.1. The van der Waals surface area contributed by atoms with Crippen molar-refractivity contribution in [1.29, 1.82) is 0 Å². The minimum atomic E-state index is -0.149. The minimum Gasteiger partial charge on any atom is -0.379 e. The zero-order valence-electron chi connectivity index (χ0n) is 16.9. The molecule has 0 aromatic heterocycles. The molecule has 2 aromatic carbocycles. The molecule has 0 saturated carbocycles. The quantitative estimate of drug-likeness (QED) is 0.720. The highest BCUT2D eigenvalue weighted by atomic mass is 16.5. The van der Waals surface area contributed by atoms with Crippen LogP contribution in [-0.2, 0) is 9.53 Å². The number of benzene rings is 2. The van der Waals surface area contributed by atoms with Crippen LogP contribution < -0.4 is 10.6 Å². The van der Waals surface area contributed by atoms with Gasteiger partial charge in [-0.1, -0.05) is 48.5 Å². The Labute approximate surface area is 172 Å². The maximum Gasteiger partial charge on any atom is 0.251 e. The van der Waals surface area contributed by atoms with Gasteiger partial charge in [0, 0.05) is 38.2 Å². The molecule has 0 unspecified atom stereocenters.